The van der Waals surface area contributed by atoms with Crippen LogP contribution in [-0.2, 0) is 9.53 Å². The van der Waals surface area contributed by atoms with Crippen molar-refractivity contribution in [1.29, 1.82) is 0 Å². The minimum Gasteiger partial charge on any atom is -0.423 e. The van der Waals surface area contributed by atoms with Gasteiger partial charge in [-0.3, -0.25) is 4.79 Å². The van der Waals surface area contributed by atoms with E-state index in [2.05, 4.69) is 27.4 Å². The lowest BCUT2D eigenvalue weighted by Gasteiger charge is -2.27. The summed E-state index contributed by atoms with van der Waals surface area (Å²) in [6.07, 6.45) is 1.75. The molecule has 2 atom stereocenters. The van der Waals surface area contributed by atoms with Gasteiger partial charge in [0.05, 0.1) is 13.2 Å². The monoisotopic (exact) mass is 380 g/mol. The van der Waals surface area contributed by atoms with Crippen LogP contribution in [0.15, 0.2) is 22.6 Å². The minimum atomic E-state index is 0. The number of carbonyl (C=O) groups excluding carboxylic acids is 1. The Bertz CT molecular complexity index is 760. The number of hydrogen-bond acceptors (Lipinski definition) is 6. The van der Waals surface area contributed by atoms with E-state index in [9.17, 15) is 4.79 Å². The molecule has 26 heavy (non-hydrogen) atoms. The summed E-state index contributed by atoms with van der Waals surface area (Å²) in [7, 11) is 0. The number of morpholine rings is 1. The van der Waals surface area contributed by atoms with E-state index in [1.54, 1.807) is 0 Å². The summed E-state index contributed by atoms with van der Waals surface area (Å²) in [6, 6.07) is 6.64. The van der Waals surface area contributed by atoms with E-state index in [1.165, 1.54) is 0 Å². The molecule has 4 rings (SSSR count). The van der Waals surface area contributed by atoms with Crippen LogP contribution in [0.3, 0.4) is 0 Å². The number of halogens is 1. The van der Waals surface area contributed by atoms with Crippen LogP contribution in [0.1, 0.15) is 19.8 Å². The molecule has 142 valence electrons. The number of rotatable bonds is 3. The molecule has 2 fully saturated rings. The zero-order valence-electron chi connectivity index (χ0n) is 14.9. The molecule has 1 amide bonds. The van der Waals surface area contributed by atoms with Crippen molar-refractivity contribution in [3.8, 4) is 0 Å². The van der Waals surface area contributed by atoms with Crippen molar-refractivity contribution in [2.24, 2.45) is 5.92 Å². The predicted molar refractivity (Wildman–Crippen MR) is 103 cm³/mol. The maximum absolute atomic E-state index is 12.5. The number of piperidine rings is 1. The van der Waals surface area contributed by atoms with E-state index >= 15 is 0 Å². The topological polar surface area (TPSA) is 79.6 Å². The zero-order chi connectivity index (χ0) is 17.2. The highest BCUT2D eigenvalue weighted by molar-refractivity contribution is 5.94. The van der Waals surface area contributed by atoms with Crippen molar-refractivity contribution in [3.63, 3.8) is 0 Å². The van der Waals surface area contributed by atoms with Gasteiger partial charge in [-0.05, 0) is 38.4 Å². The predicted octanol–water partition coefficient (Wildman–Crippen LogP) is 2.41. The van der Waals surface area contributed by atoms with Crippen LogP contribution in [0.2, 0.25) is 0 Å². The second-order valence-corrected chi connectivity index (χ2v) is 6.84. The van der Waals surface area contributed by atoms with Gasteiger partial charge < -0.3 is 24.7 Å². The average molecular weight is 381 g/mol. The molecule has 2 saturated heterocycles. The molecule has 2 N–H and O–H groups in total. The first-order valence-corrected chi connectivity index (χ1v) is 8.96. The fourth-order valence-electron chi connectivity index (χ4n) is 3.49. The Kier molecular flexibility index (Phi) is 6.01. The lowest BCUT2D eigenvalue weighted by Crippen LogP contribution is -2.40. The Labute approximate surface area is 158 Å². The minimum absolute atomic E-state index is 0. The third-order valence-corrected chi connectivity index (χ3v) is 4.92. The van der Waals surface area contributed by atoms with Crippen LogP contribution in [0.5, 0.6) is 0 Å². The van der Waals surface area contributed by atoms with Gasteiger partial charge in [0.1, 0.15) is 5.52 Å². The van der Waals surface area contributed by atoms with Crippen molar-refractivity contribution >= 4 is 41.1 Å². The number of oxazole rings is 1. The first-order chi connectivity index (χ1) is 12.2. The van der Waals surface area contributed by atoms with Crippen molar-refractivity contribution in [2.75, 3.05) is 43.1 Å². The number of ether oxygens (including phenoxy) is 1. The molecule has 8 heteroatoms. The Hall–Kier alpha value is -1.83. The summed E-state index contributed by atoms with van der Waals surface area (Å²) >= 11 is 0. The number of aromatic nitrogens is 1. The van der Waals surface area contributed by atoms with E-state index in [0.717, 1.165) is 43.7 Å². The quantitative estimate of drug-likeness (QED) is 0.851. The zero-order valence-corrected chi connectivity index (χ0v) is 15.7. The fraction of sp³-hybridized carbons (Fsp3) is 0.556. The van der Waals surface area contributed by atoms with E-state index in [0.29, 0.717) is 30.9 Å². The van der Waals surface area contributed by atoms with Gasteiger partial charge in [-0.15, -0.1) is 12.4 Å². The van der Waals surface area contributed by atoms with Crippen LogP contribution in [0.25, 0.3) is 11.1 Å². The molecule has 2 aliphatic heterocycles. The molecule has 3 heterocycles. The second kappa shape index (κ2) is 8.24. The average Bonchev–Trinajstić information content (AvgIpc) is 3.06. The Balaban J connectivity index is 0.00000196. The molecular formula is C18H25ClN4O3. The maximum Gasteiger partial charge on any atom is 0.298 e. The normalized spacial score (nSPS) is 23.5. The van der Waals surface area contributed by atoms with Gasteiger partial charge in [0, 0.05) is 36.8 Å². The number of carbonyl (C=O) groups is 1. The highest BCUT2D eigenvalue weighted by atomic mass is 35.5. The molecule has 2 aliphatic rings. The molecule has 0 saturated carbocycles. The van der Waals surface area contributed by atoms with Crippen LogP contribution in [-0.4, -0.2) is 49.8 Å². The number of fused-ring (bicyclic) bond motifs is 1. The van der Waals surface area contributed by atoms with Gasteiger partial charge in [-0.2, -0.15) is 4.98 Å². The Morgan fingerprint density at radius 1 is 1.35 bits per heavy atom. The summed E-state index contributed by atoms with van der Waals surface area (Å²) in [4.78, 5) is 19.1. The van der Waals surface area contributed by atoms with E-state index in [1.807, 2.05) is 18.2 Å². The molecule has 7 nitrogen and oxygen atoms in total. The number of nitrogens with one attached hydrogen (secondary N) is 2. The second-order valence-electron chi connectivity index (χ2n) is 6.84. The number of amides is 1. The Morgan fingerprint density at radius 3 is 2.92 bits per heavy atom. The molecule has 0 spiro atoms. The summed E-state index contributed by atoms with van der Waals surface area (Å²) in [5.41, 5.74) is 2.25. The summed E-state index contributed by atoms with van der Waals surface area (Å²) in [5, 5.41) is 6.40. The highest BCUT2D eigenvalue weighted by Gasteiger charge is 2.25. The van der Waals surface area contributed by atoms with Gasteiger partial charge in [0.15, 0.2) is 5.58 Å². The summed E-state index contributed by atoms with van der Waals surface area (Å²) < 4.78 is 11.3. The number of anilines is 2. The van der Waals surface area contributed by atoms with Crippen molar-refractivity contribution in [2.45, 2.75) is 25.8 Å². The lowest BCUT2D eigenvalue weighted by molar-refractivity contribution is -0.120. The van der Waals surface area contributed by atoms with Gasteiger partial charge in [-0.1, -0.05) is 0 Å². The summed E-state index contributed by atoms with van der Waals surface area (Å²) in [5.74, 6) is 0.145. The molecule has 2 aromatic rings. The first kappa shape index (κ1) is 18.9. The smallest absolute Gasteiger partial charge is 0.298 e. The third-order valence-electron chi connectivity index (χ3n) is 4.92. The largest absolute Gasteiger partial charge is 0.423 e. The van der Waals surface area contributed by atoms with Gasteiger partial charge in [-0.25, -0.2) is 0 Å². The molecule has 0 bridgehead atoms. The lowest BCUT2D eigenvalue weighted by atomic mass is 9.92. The molecule has 0 unspecified atom stereocenters. The van der Waals surface area contributed by atoms with E-state index in [4.69, 9.17) is 9.15 Å². The maximum atomic E-state index is 12.5. The highest BCUT2D eigenvalue weighted by Crippen LogP contribution is 2.26. The number of hydrogen-bond donors (Lipinski definition) is 2. The van der Waals surface area contributed by atoms with E-state index < -0.39 is 0 Å². The molecule has 0 radical (unpaired) electrons. The van der Waals surface area contributed by atoms with Gasteiger partial charge in [0.25, 0.3) is 6.01 Å². The van der Waals surface area contributed by atoms with Gasteiger partial charge in [0.2, 0.25) is 5.91 Å². The number of nitrogens with zero attached hydrogens (tertiary/aromatic N) is 2. The fourth-order valence-corrected chi connectivity index (χ4v) is 3.49. The molecule has 1 aromatic carbocycles. The van der Waals surface area contributed by atoms with Crippen molar-refractivity contribution < 1.29 is 13.9 Å². The van der Waals surface area contributed by atoms with Crippen LogP contribution in [0, 0.1) is 5.92 Å². The van der Waals surface area contributed by atoms with E-state index in [-0.39, 0.29) is 24.2 Å². The first-order valence-electron chi connectivity index (χ1n) is 8.96. The van der Waals surface area contributed by atoms with Crippen LogP contribution < -0.4 is 15.5 Å². The standard InChI is InChI=1S/C18H24N4O3.ClH/c1-12-10-13(4-5-19-12)17(23)20-14-2-3-15-16(11-14)25-18(21-15)22-6-8-24-9-7-22;/h2-3,11-13,19H,4-10H2,1H3,(H,20,23);1H/t12-,13-;/m0./s1. The SMILES string of the molecule is C[C@H]1C[C@@H](C(=O)Nc2ccc3nc(N4CCOCC4)oc3c2)CCN1.Cl. The number of benzene rings is 1. The summed E-state index contributed by atoms with van der Waals surface area (Å²) in [6.45, 7) is 5.95. The third kappa shape index (κ3) is 4.11. The molecular weight excluding hydrogens is 356 g/mol. The van der Waals surface area contributed by atoms with Crippen LogP contribution in [0.4, 0.5) is 11.7 Å². The molecule has 1 aromatic heterocycles. The molecule has 0 aliphatic carbocycles. The Morgan fingerprint density at radius 2 is 2.15 bits per heavy atom. The van der Waals surface area contributed by atoms with Crippen molar-refractivity contribution in [1.82, 2.24) is 10.3 Å². The van der Waals surface area contributed by atoms with Gasteiger partial charge >= 0.3 is 0 Å². The van der Waals surface area contributed by atoms with Crippen LogP contribution >= 0.6 is 12.4 Å². The van der Waals surface area contributed by atoms with Crippen molar-refractivity contribution in [3.05, 3.63) is 18.2 Å².